The summed E-state index contributed by atoms with van der Waals surface area (Å²) in [5.41, 5.74) is 0.693. The number of rotatable bonds is 3. The molecular formula is C12H13N3O5. The maximum atomic E-state index is 11.1. The van der Waals surface area contributed by atoms with Crippen molar-refractivity contribution >= 4 is 23.8 Å². The predicted octanol–water partition coefficient (Wildman–Crippen LogP) is 1.21. The monoisotopic (exact) mass is 279 g/mol. The van der Waals surface area contributed by atoms with E-state index in [0.717, 1.165) is 0 Å². The molecule has 1 fully saturated rings. The Hall–Kier alpha value is -2.64. The summed E-state index contributed by atoms with van der Waals surface area (Å²) < 4.78 is 0. The van der Waals surface area contributed by atoms with Crippen molar-refractivity contribution in [1.82, 2.24) is 4.90 Å². The van der Waals surface area contributed by atoms with Gasteiger partial charge in [0.05, 0.1) is 4.92 Å². The number of nitro groups is 1. The van der Waals surface area contributed by atoms with Crippen LogP contribution in [0.15, 0.2) is 18.2 Å². The summed E-state index contributed by atoms with van der Waals surface area (Å²) in [5, 5.41) is 19.5. The number of carbonyl (C=O) groups excluding carboxylic acids is 1. The highest BCUT2D eigenvalue weighted by molar-refractivity contribution is 5.86. The zero-order valence-electron chi connectivity index (χ0n) is 10.6. The molecule has 1 aromatic rings. The van der Waals surface area contributed by atoms with Gasteiger partial charge in [0, 0.05) is 49.6 Å². The highest BCUT2D eigenvalue weighted by Gasteiger charge is 2.22. The number of hydrogen-bond acceptors (Lipinski definition) is 5. The molecule has 8 heteroatoms. The number of carbonyl (C=O) groups is 2. The predicted molar refractivity (Wildman–Crippen MR) is 70.3 cm³/mol. The molecule has 1 aromatic carbocycles. The van der Waals surface area contributed by atoms with Gasteiger partial charge >= 0.3 is 6.09 Å². The number of benzene rings is 1. The highest BCUT2D eigenvalue weighted by atomic mass is 16.6. The molecule has 1 saturated heterocycles. The molecule has 1 N–H and O–H groups in total. The Kier molecular flexibility index (Phi) is 3.83. The van der Waals surface area contributed by atoms with Gasteiger partial charge in [-0.2, -0.15) is 0 Å². The van der Waals surface area contributed by atoms with Gasteiger partial charge in [0.2, 0.25) is 0 Å². The van der Waals surface area contributed by atoms with Crippen LogP contribution in [-0.2, 0) is 0 Å². The Morgan fingerprint density at radius 3 is 2.45 bits per heavy atom. The van der Waals surface area contributed by atoms with E-state index in [0.29, 0.717) is 38.2 Å². The molecule has 1 amide bonds. The van der Waals surface area contributed by atoms with E-state index in [9.17, 15) is 19.7 Å². The maximum Gasteiger partial charge on any atom is 0.407 e. The van der Waals surface area contributed by atoms with Crippen molar-refractivity contribution in [3.05, 3.63) is 33.9 Å². The first-order valence-corrected chi connectivity index (χ1v) is 5.99. The number of hydrogen-bond donors (Lipinski definition) is 1. The first kappa shape index (κ1) is 13.8. The lowest BCUT2D eigenvalue weighted by atomic mass is 10.1. The average Bonchev–Trinajstić information content (AvgIpc) is 2.46. The van der Waals surface area contributed by atoms with Crippen molar-refractivity contribution in [2.24, 2.45) is 0 Å². The van der Waals surface area contributed by atoms with Gasteiger partial charge in [-0.25, -0.2) is 4.79 Å². The van der Waals surface area contributed by atoms with Gasteiger partial charge in [-0.15, -0.1) is 0 Å². The summed E-state index contributed by atoms with van der Waals surface area (Å²) in [6.45, 7) is 1.57. The van der Waals surface area contributed by atoms with Gasteiger partial charge in [-0.05, 0) is 6.07 Å². The Labute approximate surface area is 114 Å². The first-order chi connectivity index (χ1) is 9.52. The lowest BCUT2D eigenvalue weighted by Crippen LogP contribution is -2.48. The van der Waals surface area contributed by atoms with Crippen molar-refractivity contribution in [1.29, 1.82) is 0 Å². The van der Waals surface area contributed by atoms with Gasteiger partial charge in [0.15, 0.2) is 6.29 Å². The number of non-ortho nitro benzene ring substituents is 1. The topological polar surface area (TPSA) is 104 Å². The number of nitro benzene ring substituents is 1. The fourth-order valence-electron chi connectivity index (χ4n) is 2.18. The number of nitrogens with zero attached hydrogens (tertiary/aromatic N) is 3. The van der Waals surface area contributed by atoms with Crippen LogP contribution in [0.25, 0.3) is 0 Å². The molecule has 0 saturated carbocycles. The molecule has 20 heavy (non-hydrogen) atoms. The standard InChI is InChI=1S/C12H13N3O5/c16-8-9-7-10(15(19)20)1-2-11(9)13-3-5-14(6-4-13)12(17)18/h1-2,7-8H,3-6H2,(H,17,18). The summed E-state index contributed by atoms with van der Waals surface area (Å²) in [6, 6.07) is 4.09. The van der Waals surface area contributed by atoms with E-state index in [1.807, 2.05) is 4.90 Å². The third kappa shape index (κ3) is 2.68. The molecule has 0 bridgehead atoms. The maximum absolute atomic E-state index is 11.1. The molecule has 2 rings (SSSR count). The molecule has 0 aliphatic carbocycles. The molecule has 1 aliphatic rings. The number of anilines is 1. The summed E-state index contributed by atoms with van der Waals surface area (Å²) in [6.07, 6.45) is -0.393. The largest absolute Gasteiger partial charge is 0.465 e. The van der Waals surface area contributed by atoms with E-state index in [-0.39, 0.29) is 11.3 Å². The summed E-state index contributed by atoms with van der Waals surface area (Å²) >= 11 is 0. The molecule has 106 valence electrons. The normalized spacial score (nSPS) is 15.0. The smallest absolute Gasteiger partial charge is 0.407 e. The zero-order valence-corrected chi connectivity index (χ0v) is 10.6. The van der Waals surface area contributed by atoms with Crippen molar-refractivity contribution < 1.29 is 19.6 Å². The first-order valence-electron chi connectivity index (χ1n) is 5.99. The second-order valence-electron chi connectivity index (χ2n) is 4.37. The second kappa shape index (κ2) is 5.55. The molecule has 0 aromatic heterocycles. The van der Waals surface area contributed by atoms with Crippen molar-refractivity contribution in [2.75, 3.05) is 31.1 Å². The lowest BCUT2D eigenvalue weighted by molar-refractivity contribution is -0.384. The number of aldehydes is 1. The minimum atomic E-state index is -0.969. The lowest BCUT2D eigenvalue weighted by Gasteiger charge is -2.35. The van der Waals surface area contributed by atoms with E-state index < -0.39 is 11.0 Å². The molecule has 1 heterocycles. The molecule has 8 nitrogen and oxygen atoms in total. The molecular weight excluding hydrogens is 266 g/mol. The molecule has 0 unspecified atom stereocenters. The van der Waals surface area contributed by atoms with Gasteiger partial charge in [0.1, 0.15) is 0 Å². The van der Waals surface area contributed by atoms with Crippen LogP contribution < -0.4 is 4.90 Å². The third-order valence-electron chi connectivity index (χ3n) is 3.24. The van der Waals surface area contributed by atoms with Crippen LogP contribution >= 0.6 is 0 Å². The zero-order chi connectivity index (χ0) is 14.7. The van der Waals surface area contributed by atoms with E-state index in [2.05, 4.69) is 0 Å². The van der Waals surface area contributed by atoms with Gasteiger partial charge in [-0.1, -0.05) is 0 Å². The quantitative estimate of drug-likeness (QED) is 0.506. The Morgan fingerprint density at radius 1 is 1.30 bits per heavy atom. The highest BCUT2D eigenvalue weighted by Crippen LogP contribution is 2.25. The molecule has 0 radical (unpaired) electrons. The third-order valence-corrected chi connectivity index (χ3v) is 3.24. The van der Waals surface area contributed by atoms with Crippen molar-refractivity contribution in [3.63, 3.8) is 0 Å². The SMILES string of the molecule is O=Cc1cc([N+](=O)[O-])ccc1N1CCN(C(=O)O)CC1. The van der Waals surface area contributed by atoms with Crippen LogP contribution in [0.2, 0.25) is 0 Å². The van der Waals surface area contributed by atoms with Gasteiger partial charge < -0.3 is 14.9 Å². The summed E-state index contributed by atoms with van der Waals surface area (Å²) in [7, 11) is 0. The van der Waals surface area contributed by atoms with Crippen molar-refractivity contribution in [3.8, 4) is 0 Å². The van der Waals surface area contributed by atoms with E-state index in [4.69, 9.17) is 5.11 Å². The van der Waals surface area contributed by atoms with Crippen molar-refractivity contribution in [2.45, 2.75) is 0 Å². The van der Waals surface area contributed by atoms with E-state index in [1.54, 1.807) is 0 Å². The van der Waals surface area contributed by atoms with E-state index >= 15 is 0 Å². The average molecular weight is 279 g/mol. The number of carboxylic acid groups (broad SMARTS) is 1. The Bertz CT molecular complexity index is 552. The molecule has 0 atom stereocenters. The number of amides is 1. The minimum Gasteiger partial charge on any atom is -0.465 e. The van der Waals surface area contributed by atoms with Crippen LogP contribution in [0.1, 0.15) is 10.4 Å². The summed E-state index contributed by atoms with van der Waals surface area (Å²) in [4.78, 5) is 35.2. The fraction of sp³-hybridized carbons (Fsp3) is 0.333. The van der Waals surface area contributed by atoms with Crippen LogP contribution in [0.4, 0.5) is 16.2 Å². The van der Waals surface area contributed by atoms with Crippen LogP contribution in [-0.4, -0.2) is 53.5 Å². The molecule has 1 aliphatic heterocycles. The van der Waals surface area contributed by atoms with E-state index in [1.165, 1.54) is 23.1 Å². The Morgan fingerprint density at radius 2 is 1.95 bits per heavy atom. The molecule has 0 spiro atoms. The van der Waals surface area contributed by atoms with Crippen LogP contribution in [0, 0.1) is 10.1 Å². The second-order valence-corrected chi connectivity index (χ2v) is 4.37. The Balaban J connectivity index is 2.19. The minimum absolute atomic E-state index is 0.139. The van der Waals surface area contributed by atoms with Gasteiger partial charge in [0.25, 0.3) is 5.69 Å². The number of piperazine rings is 1. The van der Waals surface area contributed by atoms with Gasteiger partial charge in [-0.3, -0.25) is 14.9 Å². The van der Waals surface area contributed by atoms with Crippen LogP contribution in [0.5, 0.6) is 0 Å². The van der Waals surface area contributed by atoms with Crippen LogP contribution in [0.3, 0.4) is 0 Å². The summed E-state index contributed by atoms with van der Waals surface area (Å²) in [5.74, 6) is 0. The fourth-order valence-corrected chi connectivity index (χ4v) is 2.18.